The number of benzene rings is 2. The lowest BCUT2D eigenvalue weighted by Gasteiger charge is -2.33. The van der Waals surface area contributed by atoms with Crippen molar-refractivity contribution < 1.29 is 19.2 Å². The van der Waals surface area contributed by atoms with Gasteiger partial charge in [-0.15, -0.1) is 0 Å². The molecule has 3 rings (SSSR count). The number of fused-ring (bicyclic) bond motifs is 1. The summed E-state index contributed by atoms with van der Waals surface area (Å²) >= 11 is 0. The highest BCUT2D eigenvalue weighted by Gasteiger charge is 2.33. The van der Waals surface area contributed by atoms with Crippen LogP contribution >= 0.6 is 0 Å². The number of nitro groups is 1. The van der Waals surface area contributed by atoms with E-state index < -0.39 is 22.4 Å². The smallest absolute Gasteiger partial charge is 0.271 e. The van der Waals surface area contributed by atoms with Gasteiger partial charge in [0.15, 0.2) is 0 Å². The monoisotopic (exact) mass is 341 g/mol. The summed E-state index contributed by atoms with van der Waals surface area (Å²) in [7, 11) is 0. The Labute approximate surface area is 141 Å². The first-order chi connectivity index (χ1) is 11.8. The number of hydrogen-bond donors (Lipinski definition) is 2. The molecular weight excluding hydrogens is 329 g/mol. The Bertz CT molecular complexity index is 968. The van der Waals surface area contributed by atoms with Crippen LogP contribution in [0.2, 0.25) is 0 Å². The molecule has 7 nitrogen and oxygen atoms in total. The van der Waals surface area contributed by atoms with Crippen LogP contribution < -0.4 is 10.6 Å². The summed E-state index contributed by atoms with van der Waals surface area (Å²) in [6.45, 7) is 3.71. The lowest BCUT2D eigenvalue weighted by Crippen LogP contribution is -2.30. The van der Waals surface area contributed by atoms with E-state index in [1.165, 1.54) is 41.3 Å². The second-order valence-electron chi connectivity index (χ2n) is 5.28. The van der Waals surface area contributed by atoms with Crippen LogP contribution in [0, 0.1) is 15.9 Å². The van der Waals surface area contributed by atoms with Crippen LogP contribution in [0.5, 0.6) is 0 Å². The molecular formula is C17H12FN3O4. The number of para-hydroxylation sites is 1. The summed E-state index contributed by atoms with van der Waals surface area (Å²) in [5.74, 6) is -2.05. The normalized spacial score (nSPS) is 13.6. The van der Waals surface area contributed by atoms with Crippen LogP contribution in [-0.2, 0) is 4.79 Å². The molecule has 0 aliphatic carbocycles. The van der Waals surface area contributed by atoms with E-state index in [0.29, 0.717) is 0 Å². The number of aliphatic hydroxyl groups is 1. The van der Waals surface area contributed by atoms with E-state index in [9.17, 15) is 24.4 Å². The van der Waals surface area contributed by atoms with Crippen molar-refractivity contribution in [2.75, 3.05) is 4.90 Å². The molecule has 1 heterocycles. The molecule has 126 valence electrons. The molecule has 0 bridgehead atoms. The van der Waals surface area contributed by atoms with Crippen molar-refractivity contribution in [3.05, 3.63) is 81.8 Å². The highest BCUT2D eigenvalue weighted by atomic mass is 19.1. The largest absolute Gasteiger partial charge is 0.506 e. The van der Waals surface area contributed by atoms with E-state index in [1.54, 1.807) is 6.07 Å². The van der Waals surface area contributed by atoms with Gasteiger partial charge in [-0.3, -0.25) is 14.9 Å². The Hall–Kier alpha value is -3.68. The number of nitrogens with two attached hydrogens (primary N) is 1. The highest BCUT2D eigenvalue weighted by Crippen LogP contribution is 2.44. The predicted molar refractivity (Wildman–Crippen MR) is 89.5 cm³/mol. The standard InChI is InChI=1S/C17H12FN3O4/c1-9-15(17(19)23)16(22)11-7-6-10(21(24)25)8-14(11)20(9)13-5-3-2-4-12(13)18/h2-8,22H,1H2,(H2,19,23). The SMILES string of the molecule is C=C1C(C(N)=O)=C(O)c2ccc([N+](=O)[O-])cc2N1c1ccccc1F. The molecule has 0 radical (unpaired) electrons. The van der Waals surface area contributed by atoms with Crippen LogP contribution in [0.3, 0.4) is 0 Å². The number of carbonyl (C=O) groups is 1. The fraction of sp³-hybridized carbons (Fsp3) is 0. The summed E-state index contributed by atoms with van der Waals surface area (Å²) in [6.07, 6.45) is 0. The number of hydrogen-bond acceptors (Lipinski definition) is 5. The minimum Gasteiger partial charge on any atom is -0.506 e. The maximum absolute atomic E-state index is 14.3. The van der Waals surface area contributed by atoms with Gasteiger partial charge in [0, 0.05) is 17.7 Å². The predicted octanol–water partition coefficient (Wildman–Crippen LogP) is 3.15. The van der Waals surface area contributed by atoms with Gasteiger partial charge in [-0.2, -0.15) is 0 Å². The molecule has 2 aromatic rings. The van der Waals surface area contributed by atoms with Crippen LogP contribution in [-0.4, -0.2) is 15.9 Å². The Morgan fingerprint density at radius 3 is 2.52 bits per heavy atom. The van der Waals surface area contributed by atoms with Gasteiger partial charge >= 0.3 is 0 Å². The maximum atomic E-state index is 14.3. The van der Waals surface area contributed by atoms with E-state index in [0.717, 1.165) is 0 Å². The Balaban J connectivity index is 2.35. The molecule has 2 aromatic carbocycles. The van der Waals surface area contributed by atoms with Crippen LogP contribution in [0.1, 0.15) is 5.56 Å². The zero-order valence-corrected chi connectivity index (χ0v) is 12.8. The third-order valence-electron chi connectivity index (χ3n) is 3.82. The third-order valence-corrected chi connectivity index (χ3v) is 3.82. The highest BCUT2D eigenvalue weighted by molar-refractivity contribution is 6.08. The number of aliphatic hydroxyl groups excluding tert-OH is 1. The molecule has 25 heavy (non-hydrogen) atoms. The van der Waals surface area contributed by atoms with E-state index in [4.69, 9.17) is 5.73 Å². The Kier molecular flexibility index (Phi) is 3.72. The zero-order valence-electron chi connectivity index (χ0n) is 12.8. The van der Waals surface area contributed by atoms with E-state index in [1.807, 2.05) is 0 Å². The molecule has 1 amide bonds. The van der Waals surface area contributed by atoms with Crippen molar-refractivity contribution in [3.8, 4) is 0 Å². The molecule has 0 aromatic heterocycles. The molecule has 0 saturated heterocycles. The lowest BCUT2D eigenvalue weighted by molar-refractivity contribution is -0.384. The third kappa shape index (κ3) is 2.49. The number of nitrogens with zero attached hydrogens (tertiary/aromatic N) is 2. The molecule has 0 saturated carbocycles. The summed E-state index contributed by atoms with van der Waals surface area (Å²) in [5.41, 5.74) is 4.92. The van der Waals surface area contributed by atoms with Crippen molar-refractivity contribution in [1.82, 2.24) is 0 Å². The van der Waals surface area contributed by atoms with Crippen LogP contribution in [0.15, 0.2) is 60.3 Å². The van der Waals surface area contributed by atoms with Crippen molar-refractivity contribution in [1.29, 1.82) is 0 Å². The number of nitro benzene ring substituents is 1. The van der Waals surface area contributed by atoms with Crippen molar-refractivity contribution in [3.63, 3.8) is 0 Å². The van der Waals surface area contributed by atoms with Gasteiger partial charge in [0.05, 0.1) is 22.0 Å². The van der Waals surface area contributed by atoms with Gasteiger partial charge in [0.25, 0.3) is 11.6 Å². The van der Waals surface area contributed by atoms with Gasteiger partial charge in [0.1, 0.15) is 17.1 Å². The number of rotatable bonds is 3. The molecule has 1 aliphatic heterocycles. The van der Waals surface area contributed by atoms with E-state index in [2.05, 4.69) is 6.58 Å². The van der Waals surface area contributed by atoms with Gasteiger partial charge < -0.3 is 15.7 Å². The van der Waals surface area contributed by atoms with Gasteiger partial charge in [-0.25, -0.2) is 4.39 Å². The Morgan fingerprint density at radius 2 is 1.92 bits per heavy atom. The zero-order chi connectivity index (χ0) is 18.3. The second kappa shape index (κ2) is 5.75. The molecule has 8 heteroatoms. The first-order valence-corrected chi connectivity index (χ1v) is 7.08. The second-order valence-corrected chi connectivity index (χ2v) is 5.28. The molecule has 0 unspecified atom stereocenters. The average Bonchev–Trinajstić information content (AvgIpc) is 2.55. The van der Waals surface area contributed by atoms with Crippen molar-refractivity contribution in [2.45, 2.75) is 0 Å². The molecule has 3 N–H and O–H groups in total. The van der Waals surface area contributed by atoms with Crippen molar-refractivity contribution >= 4 is 28.7 Å². The fourth-order valence-corrected chi connectivity index (χ4v) is 2.71. The molecule has 0 atom stereocenters. The number of non-ortho nitro benzene ring substituents is 1. The maximum Gasteiger partial charge on any atom is 0.271 e. The summed E-state index contributed by atoms with van der Waals surface area (Å²) in [6, 6.07) is 9.26. The number of amides is 1. The first kappa shape index (κ1) is 16.2. The minimum absolute atomic E-state index is 0.0143. The number of halogens is 1. The number of carbonyl (C=O) groups excluding carboxylic acids is 1. The summed E-state index contributed by atoms with van der Waals surface area (Å²) in [4.78, 5) is 23.4. The minimum atomic E-state index is -0.951. The molecule has 0 fully saturated rings. The van der Waals surface area contributed by atoms with Gasteiger partial charge in [0.2, 0.25) is 0 Å². The lowest BCUT2D eigenvalue weighted by atomic mass is 9.96. The quantitative estimate of drug-likeness (QED) is 0.658. The van der Waals surface area contributed by atoms with E-state index >= 15 is 0 Å². The van der Waals surface area contributed by atoms with Crippen LogP contribution in [0.25, 0.3) is 5.76 Å². The number of anilines is 2. The van der Waals surface area contributed by atoms with Crippen molar-refractivity contribution in [2.24, 2.45) is 5.73 Å². The number of primary amides is 1. The Morgan fingerprint density at radius 1 is 1.24 bits per heavy atom. The first-order valence-electron chi connectivity index (χ1n) is 7.08. The summed E-state index contributed by atoms with van der Waals surface area (Å²) in [5, 5.41) is 21.4. The van der Waals surface area contributed by atoms with Gasteiger partial charge in [-0.05, 0) is 18.2 Å². The van der Waals surface area contributed by atoms with Gasteiger partial charge in [-0.1, -0.05) is 18.7 Å². The molecule has 0 spiro atoms. The van der Waals surface area contributed by atoms with Crippen LogP contribution in [0.4, 0.5) is 21.5 Å². The fourth-order valence-electron chi connectivity index (χ4n) is 2.71. The molecule has 1 aliphatic rings. The topological polar surface area (TPSA) is 110 Å². The summed E-state index contributed by atoms with van der Waals surface area (Å²) < 4.78 is 14.3. The van der Waals surface area contributed by atoms with E-state index in [-0.39, 0.29) is 33.9 Å². The average molecular weight is 341 g/mol.